The van der Waals surface area contributed by atoms with Crippen LogP contribution in [-0.2, 0) is 5.54 Å². The first-order valence-corrected chi connectivity index (χ1v) is 6.92. The zero-order chi connectivity index (χ0) is 14.1. The van der Waals surface area contributed by atoms with Crippen LogP contribution in [0.15, 0.2) is 18.2 Å². The molecule has 2 N–H and O–H groups in total. The molecule has 1 fully saturated rings. The predicted molar refractivity (Wildman–Crippen MR) is 77.7 cm³/mol. The lowest BCUT2D eigenvalue weighted by Gasteiger charge is -2.43. The first-order valence-electron chi connectivity index (χ1n) is 6.92. The Bertz CT molecular complexity index is 456. The van der Waals surface area contributed by atoms with E-state index in [9.17, 15) is 0 Å². The number of hydrogen-bond acceptors (Lipinski definition) is 3. The molecular formula is C16H25NO2. The minimum Gasteiger partial charge on any atom is -0.493 e. The number of ether oxygens (including phenoxy) is 2. The van der Waals surface area contributed by atoms with E-state index < -0.39 is 0 Å². The molecule has 0 spiro atoms. The molecule has 0 saturated heterocycles. The van der Waals surface area contributed by atoms with Crippen LogP contribution >= 0.6 is 0 Å². The lowest BCUT2D eigenvalue weighted by molar-refractivity contribution is 0.151. The summed E-state index contributed by atoms with van der Waals surface area (Å²) in [5, 5.41) is 0. The molecule has 1 unspecified atom stereocenters. The van der Waals surface area contributed by atoms with Crippen LogP contribution in [0.25, 0.3) is 0 Å². The molecular weight excluding hydrogens is 238 g/mol. The summed E-state index contributed by atoms with van der Waals surface area (Å²) >= 11 is 0. The molecule has 106 valence electrons. The molecule has 1 aromatic rings. The van der Waals surface area contributed by atoms with Crippen molar-refractivity contribution in [1.82, 2.24) is 0 Å². The third kappa shape index (κ3) is 2.86. The fraction of sp³-hybridized carbons (Fsp3) is 0.625. The molecule has 3 nitrogen and oxygen atoms in total. The molecule has 19 heavy (non-hydrogen) atoms. The van der Waals surface area contributed by atoms with Gasteiger partial charge in [0.05, 0.1) is 14.2 Å². The van der Waals surface area contributed by atoms with Crippen molar-refractivity contribution >= 4 is 0 Å². The summed E-state index contributed by atoms with van der Waals surface area (Å²) < 4.78 is 10.7. The molecule has 1 aromatic carbocycles. The molecule has 1 atom stereocenters. The lowest BCUT2D eigenvalue weighted by Crippen LogP contribution is -2.44. The molecule has 1 saturated carbocycles. The Kier molecular flexibility index (Phi) is 3.77. The van der Waals surface area contributed by atoms with Gasteiger partial charge in [0.25, 0.3) is 0 Å². The van der Waals surface area contributed by atoms with E-state index in [1.807, 2.05) is 12.1 Å². The molecule has 1 aliphatic rings. The van der Waals surface area contributed by atoms with Gasteiger partial charge in [0, 0.05) is 5.54 Å². The quantitative estimate of drug-likeness (QED) is 0.908. The van der Waals surface area contributed by atoms with Gasteiger partial charge in [0.1, 0.15) is 0 Å². The van der Waals surface area contributed by atoms with Crippen LogP contribution in [-0.4, -0.2) is 14.2 Å². The summed E-state index contributed by atoms with van der Waals surface area (Å²) in [5.74, 6) is 1.51. The summed E-state index contributed by atoms with van der Waals surface area (Å²) in [6.07, 6.45) is 4.47. The second-order valence-corrected chi connectivity index (χ2v) is 6.42. The van der Waals surface area contributed by atoms with E-state index in [2.05, 4.69) is 19.9 Å². The van der Waals surface area contributed by atoms with Gasteiger partial charge in [-0.2, -0.15) is 0 Å². The predicted octanol–water partition coefficient (Wildman–Crippen LogP) is 3.46. The Balaban J connectivity index is 2.35. The largest absolute Gasteiger partial charge is 0.493 e. The molecule has 0 radical (unpaired) electrons. The molecule has 3 heteroatoms. The average molecular weight is 263 g/mol. The highest BCUT2D eigenvalue weighted by molar-refractivity contribution is 5.45. The van der Waals surface area contributed by atoms with Gasteiger partial charge >= 0.3 is 0 Å². The maximum absolute atomic E-state index is 6.67. The Morgan fingerprint density at radius 2 is 1.74 bits per heavy atom. The highest BCUT2D eigenvalue weighted by Gasteiger charge is 2.38. The molecule has 1 aliphatic carbocycles. The van der Waals surface area contributed by atoms with Gasteiger partial charge < -0.3 is 15.2 Å². The monoisotopic (exact) mass is 263 g/mol. The van der Waals surface area contributed by atoms with E-state index >= 15 is 0 Å². The Morgan fingerprint density at radius 3 is 2.32 bits per heavy atom. The SMILES string of the molecule is COc1ccc(C2(N)CCCC(C)(C)C2)cc1OC. The minimum absolute atomic E-state index is 0.249. The summed E-state index contributed by atoms with van der Waals surface area (Å²) in [6.45, 7) is 4.60. The van der Waals surface area contributed by atoms with Gasteiger partial charge in [-0.1, -0.05) is 26.3 Å². The number of nitrogens with two attached hydrogens (primary N) is 1. The number of hydrogen-bond donors (Lipinski definition) is 1. The molecule has 2 rings (SSSR count). The second kappa shape index (κ2) is 5.04. The van der Waals surface area contributed by atoms with Crippen molar-refractivity contribution in [2.24, 2.45) is 11.1 Å². The Hall–Kier alpha value is -1.22. The van der Waals surface area contributed by atoms with E-state index in [0.29, 0.717) is 5.41 Å². The lowest BCUT2D eigenvalue weighted by atomic mass is 9.66. The molecule has 0 aromatic heterocycles. The fourth-order valence-electron chi connectivity index (χ4n) is 3.31. The summed E-state index contributed by atoms with van der Waals surface area (Å²) in [5.41, 5.74) is 7.88. The molecule has 0 amide bonds. The van der Waals surface area contributed by atoms with Gasteiger partial charge in [-0.05, 0) is 42.4 Å². The van der Waals surface area contributed by atoms with Crippen molar-refractivity contribution in [3.8, 4) is 11.5 Å². The van der Waals surface area contributed by atoms with Crippen LogP contribution in [0.3, 0.4) is 0 Å². The summed E-state index contributed by atoms with van der Waals surface area (Å²) in [7, 11) is 3.31. The van der Waals surface area contributed by atoms with Crippen LogP contribution in [0, 0.1) is 5.41 Å². The smallest absolute Gasteiger partial charge is 0.161 e. The average Bonchev–Trinajstić information content (AvgIpc) is 2.36. The third-order valence-electron chi connectivity index (χ3n) is 4.23. The Labute approximate surface area is 116 Å². The standard InChI is InChI=1S/C16H25NO2/c1-15(2)8-5-9-16(17,11-15)12-6-7-13(18-3)14(10-12)19-4/h6-7,10H,5,8-9,11,17H2,1-4H3. The normalized spacial score (nSPS) is 25.9. The van der Waals surface area contributed by atoms with Gasteiger partial charge in [0.2, 0.25) is 0 Å². The maximum Gasteiger partial charge on any atom is 0.161 e. The fourth-order valence-corrected chi connectivity index (χ4v) is 3.31. The first kappa shape index (κ1) is 14.2. The molecule has 0 aliphatic heterocycles. The van der Waals surface area contributed by atoms with E-state index in [1.54, 1.807) is 14.2 Å². The van der Waals surface area contributed by atoms with E-state index in [0.717, 1.165) is 29.9 Å². The van der Waals surface area contributed by atoms with Gasteiger partial charge in [-0.25, -0.2) is 0 Å². The highest BCUT2D eigenvalue weighted by Crippen LogP contribution is 2.45. The van der Waals surface area contributed by atoms with Crippen molar-refractivity contribution in [1.29, 1.82) is 0 Å². The van der Waals surface area contributed by atoms with E-state index in [-0.39, 0.29) is 5.54 Å². The topological polar surface area (TPSA) is 44.5 Å². The van der Waals surface area contributed by atoms with Gasteiger partial charge in [-0.15, -0.1) is 0 Å². The summed E-state index contributed by atoms with van der Waals surface area (Å²) in [4.78, 5) is 0. The van der Waals surface area contributed by atoms with Gasteiger partial charge in [-0.3, -0.25) is 0 Å². The van der Waals surface area contributed by atoms with Crippen LogP contribution in [0.1, 0.15) is 45.1 Å². The zero-order valence-corrected chi connectivity index (χ0v) is 12.5. The van der Waals surface area contributed by atoms with Crippen LogP contribution < -0.4 is 15.2 Å². The van der Waals surface area contributed by atoms with Crippen molar-refractivity contribution in [3.63, 3.8) is 0 Å². The van der Waals surface area contributed by atoms with Crippen LogP contribution in [0.5, 0.6) is 11.5 Å². The van der Waals surface area contributed by atoms with Crippen molar-refractivity contribution < 1.29 is 9.47 Å². The van der Waals surface area contributed by atoms with E-state index in [4.69, 9.17) is 15.2 Å². The van der Waals surface area contributed by atoms with Gasteiger partial charge in [0.15, 0.2) is 11.5 Å². The summed E-state index contributed by atoms with van der Waals surface area (Å²) in [6, 6.07) is 6.05. The number of benzene rings is 1. The zero-order valence-electron chi connectivity index (χ0n) is 12.5. The second-order valence-electron chi connectivity index (χ2n) is 6.42. The minimum atomic E-state index is -0.249. The molecule has 0 heterocycles. The Morgan fingerprint density at radius 1 is 1.05 bits per heavy atom. The van der Waals surface area contributed by atoms with E-state index in [1.165, 1.54) is 12.8 Å². The number of rotatable bonds is 3. The van der Waals surface area contributed by atoms with Crippen molar-refractivity contribution in [3.05, 3.63) is 23.8 Å². The van der Waals surface area contributed by atoms with Crippen LogP contribution in [0.4, 0.5) is 0 Å². The highest BCUT2D eigenvalue weighted by atomic mass is 16.5. The number of methoxy groups -OCH3 is 2. The molecule has 0 bridgehead atoms. The third-order valence-corrected chi connectivity index (χ3v) is 4.23. The van der Waals surface area contributed by atoms with Crippen molar-refractivity contribution in [2.75, 3.05) is 14.2 Å². The maximum atomic E-state index is 6.67. The van der Waals surface area contributed by atoms with Crippen LogP contribution in [0.2, 0.25) is 0 Å². The first-order chi connectivity index (χ1) is 8.90. The van der Waals surface area contributed by atoms with Crippen molar-refractivity contribution in [2.45, 2.75) is 45.1 Å².